The highest BCUT2D eigenvalue weighted by Gasteiger charge is 2.45. The van der Waals surface area contributed by atoms with Gasteiger partial charge >= 0.3 is 0 Å². The summed E-state index contributed by atoms with van der Waals surface area (Å²) in [7, 11) is 0. The Hall–Kier alpha value is -2.00. The summed E-state index contributed by atoms with van der Waals surface area (Å²) in [5, 5.41) is 8.67. The van der Waals surface area contributed by atoms with E-state index in [-0.39, 0.29) is 19.6 Å². The van der Waals surface area contributed by atoms with Gasteiger partial charge in [0.25, 0.3) is 5.92 Å². The number of carbonyl (C=O) groups is 1. The van der Waals surface area contributed by atoms with Gasteiger partial charge in [-0.05, 0) is 24.1 Å². The molecular weight excluding hydrogens is 266 g/mol. The molecule has 1 heterocycles. The number of halogens is 2. The van der Waals surface area contributed by atoms with Crippen LogP contribution in [-0.2, 0) is 16.1 Å². The number of nitrogens with zero attached hydrogens (tertiary/aromatic N) is 2. The van der Waals surface area contributed by atoms with Crippen molar-refractivity contribution >= 4 is 6.41 Å². The molecule has 0 spiro atoms. The molecule has 1 fully saturated rings. The fraction of sp³-hybridized carbons (Fsp3) is 0.429. The predicted molar refractivity (Wildman–Crippen MR) is 66.9 cm³/mol. The van der Waals surface area contributed by atoms with Crippen molar-refractivity contribution in [2.45, 2.75) is 25.1 Å². The Morgan fingerprint density at radius 1 is 1.45 bits per heavy atom. The average Bonchev–Trinajstić information content (AvgIpc) is 2.45. The van der Waals surface area contributed by atoms with E-state index < -0.39 is 18.6 Å². The molecule has 1 saturated heterocycles. The van der Waals surface area contributed by atoms with Gasteiger partial charge in [0.05, 0.1) is 24.8 Å². The second kappa shape index (κ2) is 5.97. The maximum Gasteiger partial charge on any atom is 0.290 e. The fourth-order valence-electron chi connectivity index (χ4n) is 2.11. The molecule has 0 saturated carbocycles. The molecule has 2 rings (SSSR count). The first kappa shape index (κ1) is 14.4. The molecular formula is C14H14F2N2O2. The van der Waals surface area contributed by atoms with Gasteiger partial charge in [-0.1, -0.05) is 12.1 Å². The van der Waals surface area contributed by atoms with Crippen molar-refractivity contribution in [2.24, 2.45) is 0 Å². The summed E-state index contributed by atoms with van der Waals surface area (Å²) in [5.41, 5.74) is 1.25. The summed E-state index contributed by atoms with van der Waals surface area (Å²) in [5.74, 6) is -3.04. The monoisotopic (exact) mass is 280 g/mol. The molecule has 1 aromatic rings. The van der Waals surface area contributed by atoms with Crippen LogP contribution in [0.15, 0.2) is 24.3 Å². The number of carbonyl (C=O) groups excluding carboxylic acids is 1. The maximum atomic E-state index is 13.8. The molecule has 0 N–H and O–H groups in total. The number of amides is 1. The number of alkyl halides is 2. The average molecular weight is 280 g/mol. The third kappa shape index (κ3) is 3.31. The Morgan fingerprint density at radius 2 is 2.15 bits per heavy atom. The van der Waals surface area contributed by atoms with Crippen LogP contribution in [-0.4, -0.2) is 36.4 Å². The van der Waals surface area contributed by atoms with Crippen molar-refractivity contribution in [2.75, 3.05) is 13.1 Å². The van der Waals surface area contributed by atoms with Gasteiger partial charge < -0.3 is 9.64 Å². The van der Waals surface area contributed by atoms with Gasteiger partial charge in [-0.2, -0.15) is 5.26 Å². The fourth-order valence-corrected chi connectivity index (χ4v) is 2.11. The predicted octanol–water partition coefficient (Wildman–Crippen LogP) is 1.94. The largest absolute Gasteiger partial charge is 0.367 e. The zero-order valence-electron chi connectivity index (χ0n) is 10.8. The molecule has 0 aliphatic carbocycles. The van der Waals surface area contributed by atoms with E-state index >= 15 is 0 Å². The topological polar surface area (TPSA) is 53.3 Å². The maximum absolute atomic E-state index is 13.8. The Balaban J connectivity index is 1.93. The first-order valence-electron chi connectivity index (χ1n) is 6.23. The van der Waals surface area contributed by atoms with Crippen molar-refractivity contribution in [3.63, 3.8) is 0 Å². The molecule has 1 atom stereocenters. The Kier molecular flexibility index (Phi) is 4.30. The minimum absolute atomic E-state index is 0.0626. The lowest BCUT2D eigenvalue weighted by molar-refractivity contribution is -0.178. The second-order valence-electron chi connectivity index (χ2n) is 4.73. The van der Waals surface area contributed by atoms with Gasteiger partial charge in [0.1, 0.15) is 6.10 Å². The van der Waals surface area contributed by atoms with Gasteiger partial charge in [-0.15, -0.1) is 0 Å². The van der Waals surface area contributed by atoms with E-state index in [1.807, 2.05) is 6.07 Å². The van der Waals surface area contributed by atoms with E-state index in [9.17, 15) is 13.6 Å². The molecule has 1 unspecified atom stereocenters. The lowest BCUT2D eigenvalue weighted by atomic mass is 10.0. The van der Waals surface area contributed by atoms with Crippen LogP contribution < -0.4 is 0 Å². The normalized spacial score (nSPS) is 21.2. The first-order chi connectivity index (χ1) is 9.55. The van der Waals surface area contributed by atoms with E-state index in [2.05, 4.69) is 0 Å². The highest BCUT2D eigenvalue weighted by Crippen LogP contribution is 2.29. The van der Waals surface area contributed by atoms with E-state index in [0.29, 0.717) is 12.0 Å². The molecule has 0 radical (unpaired) electrons. The molecule has 6 heteroatoms. The highest BCUT2D eigenvalue weighted by molar-refractivity contribution is 5.47. The zero-order valence-corrected chi connectivity index (χ0v) is 10.8. The number of benzene rings is 1. The van der Waals surface area contributed by atoms with Crippen molar-refractivity contribution < 1.29 is 18.3 Å². The molecule has 0 bridgehead atoms. The summed E-state index contributed by atoms with van der Waals surface area (Å²) in [6, 6.07) is 8.57. The van der Waals surface area contributed by atoms with Gasteiger partial charge in [0.15, 0.2) is 0 Å². The van der Waals surface area contributed by atoms with Crippen LogP contribution in [0, 0.1) is 11.3 Å². The van der Waals surface area contributed by atoms with Gasteiger partial charge in [0, 0.05) is 6.54 Å². The Bertz CT molecular complexity index is 511. The van der Waals surface area contributed by atoms with E-state index in [4.69, 9.17) is 10.00 Å². The summed E-state index contributed by atoms with van der Waals surface area (Å²) in [4.78, 5) is 11.6. The highest BCUT2D eigenvalue weighted by atomic mass is 19.3. The molecule has 20 heavy (non-hydrogen) atoms. The third-order valence-electron chi connectivity index (χ3n) is 3.25. The summed E-state index contributed by atoms with van der Waals surface area (Å²) in [6.45, 7) is -0.265. The quantitative estimate of drug-likeness (QED) is 0.792. The van der Waals surface area contributed by atoms with Crippen LogP contribution in [0.2, 0.25) is 0 Å². The Labute approximate surface area is 115 Å². The van der Waals surface area contributed by atoms with Crippen molar-refractivity contribution in [3.05, 3.63) is 35.4 Å². The van der Waals surface area contributed by atoms with Crippen molar-refractivity contribution in [1.82, 2.24) is 4.90 Å². The zero-order chi connectivity index (χ0) is 14.6. The van der Waals surface area contributed by atoms with Crippen molar-refractivity contribution in [1.29, 1.82) is 5.26 Å². The van der Waals surface area contributed by atoms with Gasteiger partial charge in [0.2, 0.25) is 6.41 Å². The molecule has 1 aromatic carbocycles. The summed E-state index contributed by atoms with van der Waals surface area (Å²) >= 11 is 0. The van der Waals surface area contributed by atoms with E-state index in [1.54, 1.807) is 24.3 Å². The van der Waals surface area contributed by atoms with Crippen molar-refractivity contribution in [3.8, 4) is 6.07 Å². The van der Waals surface area contributed by atoms with Crippen LogP contribution in [0.25, 0.3) is 0 Å². The van der Waals surface area contributed by atoms with E-state index in [1.165, 1.54) is 0 Å². The second-order valence-corrected chi connectivity index (χ2v) is 4.73. The molecule has 1 aliphatic rings. The number of hydrogen-bond acceptors (Lipinski definition) is 3. The smallest absolute Gasteiger partial charge is 0.290 e. The minimum atomic E-state index is -3.04. The first-order valence-corrected chi connectivity index (χ1v) is 6.23. The summed E-state index contributed by atoms with van der Waals surface area (Å²) in [6.07, 6.45) is -0.637. The number of piperidine rings is 1. The lowest BCUT2D eigenvalue weighted by Gasteiger charge is -2.36. The molecule has 1 aliphatic heterocycles. The number of likely N-dealkylation sites (tertiary alicyclic amines) is 1. The molecule has 4 nitrogen and oxygen atoms in total. The standard InChI is InChI=1S/C14H14F2N2O2/c15-14(16)9-18(10-19)6-5-13(14)20-8-12-3-1-11(7-17)2-4-12/h1-4,10,13H,5-6,8-9H2. The number of ether oxygens (including phenoxy) is 1. The molecule has 0 aromatic heterocycles. The van der Waals surface area contributed by atoms with Crippen LogP contribution >= 0.6 is 0 Å². The summed E-state index contributed by atoms with van der Waals surface area (Å²) < 4.78 is 32.8. The third-order valence-corrected chi connectivity index (χ3v) is 3.25. The van der Waals surface area contributed by atoms with Crippen LogP contribution in [0.4, 0.5) is 8.78 Å². The minimum Gasteiger partial charge on any atom is -0.367 e. The molecule has 106 valence electrons. The number of hydrogen-bond donors (Lipinski definition) is 0. The molecule has 1 amide bonds. The van der Waals surface area contributed by atoms with Crippen LogP contribution in [0.5, 0.6) is 0 Å². The number of nitriles is 1. The number of rotatable bonds is 4. The SMILES string of the molecule is N#Cc1ccc(COC2CCN(C=O)CC2(F)F)cc1. The Morgan fingerprint density at radius 3 is 2.70 bits per heavy atom. The van der Waals surface area contributed by atoms with Gasteiger partial charge in [-0.3, -0.25) is 4.79 Å². The van der Waals surface area contributed by atoms with Gasteiger partial charge in [-0.25, -0.2) is 8.78 Å². The van der Waals surface area contributed by atoms with E-state index in [0.717, 1.165) is 10.5 Å². The van der Waals surface area contributed by atoms with Crippen LogP contribution in [0.1, 0.15) is 17.5 Å². The lowest BCUT2D eigenvalue weighted by Crippen LogP contribution is -2.52. The van der Waals surface area contributed by atoms with Crippen LogP contribution in [0.3, 0.4) is 0 Å².